The van der Waals surface area contributed by atoms with Crippen molar-refractivity contribution >= 4 is 43.9 Å². The van der Waals surface area contributed by atoms with Gasteiger partial charge in [-0.3, -0.25) is 0 Å². The molecule has 2 heteroatoms. The second-order valence-corrected chi connectivity index (χ2v) is 9.18. The predicted octanol–water partition coefficient (Wildman–Crippen LogP) is 9.44. The van der Waals surface area contributed by atoms with Crippen LogP contribution in [0.15, 0.2) is 106 Å². The molecule has 34 heavy (non-hydrogen) atoms. The van der Waals surface area contributed by atoms with E-state index in [2.05, 4.69) is 111 Å². The van der Waals surface area contributed by atoms with Crippen LogP contribution in [0.2, 0.25) is 0 Å². The molecule has 0 aliphatic carbocycles. The fraction of sp³-hybridized carbons (Fsp3) is 0.0625. The van der Waals surface area contributed by atoms with Gasteiger partial charge in [-0.1, -0.05) is 71.8 Å². The molecule has 7 rings (SSSR count). The lowest BCUT2D eigenvalue weighted by molar-refractivity contribution is 0.633. The van der Waals surface area contributed by atoms with Crippen molar-refractivity contribution in [2.24, 2.45) is 0 Å². The highest BCUT2D eigenvalue weighted by molar-refractivity contribution is 6.19. The van der Waals surface area contributed by atoms with E-state index < -0.39 is 0 Å². The van der Waals surface area contributed by atoms with E-state index in [1.54, 1.807) is 0 Å². The van der Waals surface area contributed by atoms with Gasteiger partial charge in [-0.15, -0.1) is 0 Å². The van der Waals surface area contributed by atoms with E-state index >= 15 is 0 Å². The minimum absolute atomic E-state index is 0.808. The predicted molar refractivity (Wildman–Crippen MR) is 141 cm³/mol. The van der Waals surface area contributed by atoms with Gasteiger partial charge in [-0.05, 0) is 72.5 Å². The Bertz CT molecular complexity index is 1740. The Morgan fingerprint density at radius 3 is 1.29 bits per heavy atom. The van der Waals surface area contributed by atoms with Crippen LogP contribution in [0.1, 0.15) is 11.1 Å². The van der Waals surface area contributed by atoms with Gasteiger partial charge in [-0.25, -0.2) is 0 Å². The van der Waals surface area contributed by atoms with Gasteiger partial charge in [0.15, 0.2) is 11.2 Å². The summed E-state index contributed by atoms with van der Waals surface area (Å²) in [5.41, 5.74) is 10.7. The molecule has 0 unspecified atom stereocenters. The summed E-state index contributed by atoms with van der Waals surface area (Å²) < 4.78 is 12.7. The number of furan rings is 2. The zero-order valence-electron chi connectivity index (χ0n) is 19.1. The molecule has 2 heterocycles. The molecule has 0 atom stereocenters. The van der Waals surface area contributed by atoms with E-state index in [9.17, 15) is 0 Å². The molecule has 0 spiro atoms. The molecular weight excluding hydrogens is 416 g/mol. The maximum absolute atomic E-state index is 6.35. The van der Waals surface area contributed by atoms with Crippen molar-refractivity contribution in [1.29, 1.82) is 0 Å². The first-order chi connectivity index (χ1) is 16.6. The van der Waals surface area contributed by atoms with Gasteiger partial charge in [0.2, 0.25) is 0 Å². The molecule has 0 aliphatic heterocycles. The molecule has 2 aromatic heterocycles. The van der Waals surface area contributed by atoms with Crippen LogP contribution in [0.25, 0.3) is 66.1 Å². The van der Waals surface area contributed by atoms with Crippen molar-refractivity contribution in [2.45, 2.75) is 13.8 Å². The van der Waals surface area contributed by atoms with Crippen LogP contribution in [-0.2, 0) is 0 Å². The topological polar surface area (TPSA) is 26.3 Å². The molecule has 162 valence electrons. The quantitative estimate of drug-likeness (QED) is 0.269. The number of hydrogen-bond donors (Lipinski definition) is 0. The Hall–Kier alpha value is -4.30. The van der Waals surface area contributed by atoms with Gasteiger partial charge in [0.1, 0.15) is 11.2 Å². The van der Waals surface area contributed by atoms with Crippen LogP contribution in [0, 0.1) is 13.8 Å². The number of rotatable bonds is 2. The third-order valence-electron chi connectivity index (χ3n) is 6.78. The number of benzene rings is 5. The Kier molecular flexibility index (Phi) is 4.01. The van der Waals surface area contributed by atoms with Gasteiger partial charge >= 0.3 is 0 Å². The standard InChI is InChI=1S/C32H22O2/c1-19-5-3-7-21(15-19)23-9-13-29-27(17-23)25-11-12-26-28-18-24(22-8-4-6-20(2)16-22)10-14-30(28)34-32(26)31(25)33-29/h3-18H,1-2H3. The normalized spacial score (nSPS) is 11.8. The van der Waals surface area contributed by atoms with Crippen LogP contribution in [0.4, 0.5) is 0 Å². The minimum atomic E-state index is 0.808. The first-order valence-electron chi connectivity index (χ1n) is 11.6. The zero-order valence-corrected chi connectivity index (χ0v) is 19.1. The van der Waals surface area contributed by atoms with Crippen molar-refractivity contribution in [3.63, 3.8) is 0 Å². The molecule has 0 bridgehead atoms. The molecule has 0 N–H and O–H groups in total. The Morgan fingerprint density at radius 2 is 0.853 bits per heavy atom. The second-order valence-electron chi connectivity index (χ2n) is 9.18. The molecule has 0 aliphatic rings. The van der Waals surface area contributed by atoms with Crippen LogP contribution in [0.5, 0.6) is 0 Å². The summed E-state index contributed by atoms with van der Waals surface area (Å²) in [6.07, 6.45) is 0. The lowest BCUT2D eigenvalue weighted by Gasteiger charge is -2.03. The second kappa shape index (κ2) is 7.10. The molecule has 2 nitrogen and oxygen atoms in total. The highest BCUT2D eigenvalue weighted by Gasteiger charge is 2.17. The molecular formula is C32H22O2. The van der Waals surface area contributed by atoms with Gasteiger partial charge < -0.3 is 8.83 Å². The van der Waals surface area contributed by atoms with Gasteiger partial charge in [0, 0.05) is 21.5 Å². The fourth-order valence-electron chi connectivity index (χ4n) is 5.08. The van der Waals surface area contributed by atoms with Gasteiger partial charge in [-0.2, -0.15) is 0 Å². The molecule has 7 aromatic rings. The average molecular weight is 439 g/mol. The van der Waals surface area contributed by atoms with Crippen LogP contribution < -0.4 is 0 Å². The lowest BCUT2D eigenvalue weighted by Crippen LogP contribution is -1.79. The highest BCUT2D eigenvalue weighted by atomic mass is 16.4. The van der Waals surface area contributed by atoms with E-state index in [0.717, 1.165) is 43.9 Å². The SMILES string of the molecule is Cc1cccc(-c2ccc3oc4c(ccc5c6cc(-c7cccc(C)c7)ccc6oc54)c3c2)c1. The summed E-state index contributed by atoms with van der Waals surface area (Å²) in [4.78, 5) is 0. The summed E-state index contributed by atoms with van der Waals surface area (Å²) in [7, 11) is 0. The van der Waals surface area contributed by atoms with E-state index in [1.807, 2.05) is 0 Å². The summed E-state index contributed by atoms with van der Waals surface area (Å²) in [6, 6.07) is 34.4. The summed E-state index contributed by atoms with van der Waals surface area (Å²) in [6.45, 7) is 4.25. The highest BCUT2D eigenvalue weighted by Crippen LogP contribution is 2.40. The minimum Gasteiger partial charge on any atom is -0.452 e. The smallest absolute Gasteiger partial charge is 0.178 e. The van der Waals surface area contributed by atoms with Crippen molar-refractivity contribution in [1.82, 2.24) is 0 Å². The van der Waals surface area contributed by atoms with Crippen LogP contribution in [0.3, 0.4) is 0 Å². The zero-order chi connectivity index (χ0) is 22.8. The van der Waals surface area contributed by atoms with E-state index in [1.165, 1.54) is 33.4 Å². The molecule has 0 radical (unpaired) electrons. The maximum Gasteiger partial charge on any atom is 0.178 e. The first-order valence-corrected chi connectivity index (χ1v) is 11.6. The monoisotopic (exact) mass is 438 g/mol. The van der Waals surface area contributed by atoms with Gasteiger partial charge in [0.25, 0.3) is 0 Å². The van der Waals surface area contributed by atoms with Crippen molar-refractivity contribution in [3.8, 4) is 22.3 Å². The average Bonchev–Trinajstić information content (AvgIpc) is 3.41. The molecule has 0 amide bonds. The van der Waals surface area contributed by atoms with Crippen molar-refractivity contribution in [3.05, 3.63) is 108 Å². The molecule has 0 saturated carbocycles. The number of fused-ring (bicyclic) bond motifs is 7. The Balaban J connectivity index is 1.44. The fourth-order valence-corrected chi connectivity index (χ4v) is 5.08. The van der Waals surface area contributed by atoms with Crippen molar-refractivity contribution in [2.75, 3.05) is 0 Å². The Labute approximate surface area is 197 Å². The summed E-state index contributed by atoms with van der Waals surface area (Å²) in [5, 5.41) is 4.37. The molecule has 5 aromatic carbocycles. The van der Waals surface area contributed by atoms with Crippen LogP contribution in [-0.4, -0.2) is 0 Å². The summed E-state index contributed by atoms with van der Waals surface area (Å²) in [5.74, 6) is 0. The third kappa shape index (κ3) is 2.89. The summed E-state index contributed by atoms with van der Waals surface area (Å²) >= 11 is 0. The van der Waals surface area contributed by atoms with E-state index in [4.69, 9.17) is 8.83 Å². The lowest BCUT2D eigenvalue weighted by atomic mass is 10.00. The molecule has 0 saturated heterocycles. The van der Waals surface area contributed by atoms with E-state index in [0.29, 0.717) is 0 Å². The molecule has 0 fully saturated rings. The maximum atomic E-state index is 6.35. The van der Waals surface area contributed by atoms with E-state index in [-0.39, 0.29) is 0 Å². The van der Waals surface area contributed by atoms with Crippen molar-refractivity contribution < 1.29 is 8.83 Å². The largest absolute Gasteiger partial charge is 0.452 e. The first kappa shape index (κ1) is 19.2. The van der Waals surface area contributed by atoms with Crippen LogP contribution >= 0.6 is 0 Å². The van der Waals surface area contributed by atoms with Gasteiger partial charge in [0.05, 0.1) is 0 Å². The number of aryl methyl sites for hydroxylation is 2. The third-order valence-corrected chi connectivity index (χ3v) is 6.78. The number of hydrogen-bond acceptors (Lipinski definition) is 2. The Morgan fingerprint density at radius 1 is 0.412 bits per heavy atom.